The van der Waals surface area contributed by atoms with Crippen molar-refractivity contribution in [3.8, 4) is 0 Å². The number of carbonyl (C=O) groups excluding carboxylic acids is 1. The van der Waals surface area contributed by atoms with E-state index >= 15 is 0 Å². The van der Waals surface area contributed by atoms with E-state index in [0.717, 1.165) is 12.5 Å². The summed E-state index contributed by atoms with van der Waals surface area (Å²) in [6, 6.07) is 8.49. The summed E-state index contributed by atoms with van der Waals surface area (Å²) in [5.41, 5.74) is 1.95. The summed E-state index contributed by atoms with van der Waals surface area (Å²) in [6.07, 6.45) is 2.58. The van der Waals surface area contributed by atoms with Crippen LogP contribution in [0.15, 0.2) is 24.3 Å². The van der Waals surface area contributed by atoms with Crippen molar-refractivity contribution in [2.24, 2.45) is 5.92 Å². The van der Waals surface area contributed by atoms with Gasteiger partial charge in [-0.1, -0.05) is 25.5 Å². The molecule has 1 aliphatic rings. The molecule has 92 valence electrons. The van der Waals surface area contributed by atoms with Crippen molar-refractivity contribution in [2.45, 2.75) is 32.4 Å². The van der Waals surface area contributed by atoms with Gasteiger partial charge >= 0.3 is 0 Å². The Labute approximate surface area is 103 Å². The highest BCUT2D eigenvalue weighted by molar-refractivity contribution is 5.93. The standard InChI is InChI=1S/C14H20N2O/c1-3-11-8-13(11)16-9-10-4-6-12(7-5-10)14(17)15-2/h4-7,11,13,16H,3,8-9H2,1-2H3,(H,15,17). The number of benzene rings is 1. The highest BCUT2D eigenvalue weighted by Crippen LogP contribution is 2.33. The Kier molecular flexibility index (Phi) is 3.79. The van der Waals surface area contributed by atoms with Gasteiger partial charge in [-0.2, -0.15) is 0 Å². The molecule has 2 rings (SSSR count). The summed E-state index contributed by atoms with van der Waals surface area (Å²) in [4.78, 5) is 11.4. The number of nitrogens with one attached hydrogen (secondary N) is 2. The predicted molar refractivity (Wildman–Crippen MR) is 68.9 cm³/mol. The fourth-order valence-electron chi connectivity index (χ4n) is 2.12. The number of rotatable bonds is 5. The Morgan fingerprint density at radius 1 is 1.35 bits per heavy atom. The topological polar surface area (TPSA) is 41.1 Å². The molecule has 1 saturated carbocycles. The number of hydrogen-bond donors (Lipinski definition) is 2. The largest absolute Gasteiger partial charge is 0.355 e. The second-order valence-electron chi connectivity index (χ2n) is 4.67. The zero-order valence-corrected chi connectivity index (χ0v) is 10.5. The molecule has 1 aromatic carbocycles. The minimum Gasteiger partial charge on any atom is -0.355 e. The van der Waals surface area contributed by atoms with E-state index < -0.39 is 0 Å². The van der Waals surface area contributed by atoms with Crippen LogP contribution in [0, 0.1) is 5.92 Å². The SMILES string of the molecule is CCC1CC1NCc1ccc(C(=O)NC)cc1. The zero-order chi connectivity index (χ0) is 12.3. The van der Waals surface area contributed by atoms with E-state index in [9.17, 15) is 4.79 Å². The lowest BCUT2D eigenvalue weighted by Crippen LogP contribution is -2.19. The van der Waals surface area contributed by atoms with Crippen LogP contribution < -0.4 is 10.6 Å². The lowest BCUT2D eigenvalue weighted by atomic mass is 10.1. The molecule has 0 radical (unpaired) electrons. The van der Waals surface area contributed by atoms with Crippen LogP contribution >= 0.6 is 0 Å². The maximum atomic E-state index is 11.4. The quantitative estimate of drug-likeness (QED) is 0.814. The average molecular weight is 232 g/mol. The molecule has 0 spiro atoms. The highest BCUT2D eigenvalue weighted by Gasteiger charge is 2.34. The van der Waals surface area contributed by atoms with E-state index in [4.69, 9.17) is 0 Å². The molecule has 2 atom stereocenters. The Morgan fingerprint density at radius 2 is 2.06 bits per heavy atom. The zero-order valence-electron chi connectivity index (χ0n) is 10.5. The van der Waals surface area contributed by atoms with Gasteiger partial charge in [-0.25, -0.2) is 0 Å². The molecule has 0 bridgehead atoms. The van der Waals surface area contributed by atoms with Crippen molar-refractivity contribution in [1.82, 2.24) is 10.6 Å². The van der Waals surface area contributed by atoms with Crippen molar-refractivity contribution in [1.29, 1.82) is 0 Å². The molecule has 3 nitrogen and oxygen atoms in total. The first-order valence-corrected chi connectivity index (χ1v) is 6.29. The molecule has 0 saturated heterocycles. The van der Waals surface area contributed by atoms with Gasteiger partial charge in [0.05, 0.1) is 0 Å². The van der Waals surface area contributed by atoms with Gasteiger partial charge in [-0.15, -0.1) is 0 Å². The molecule has 0 heterocycles. The summed E-state index contributed by atoms with van der Waals surface area (Å²) >= 11 is 0. The van der Waals surface area contributed by atoms with Gasteiger partial charge in [-0.3, -0.25) is 4.79 Å². The van der Waals surface area contributed by atoms with Crippen LogP contribution in [0.1, 0.15) is 35.7 Å². The van der Waals surface area contributed by atoms with Crippen molar-refractivity contribution in [2.75, 3.05) is 7.05 Å². The molecule has 17 heavy (non-hydrogen) atoms. The fraction of sp³-hybridized carbons (Fsp3) is 0.500. The second-order valence-corrected chi connectivity index (χ2v) is 4.67. The van der Waals surface area contributed by atoms with Crippen molar-refractivity contribution >= 4 is 5.91 Å². The first-order valence-electron chi connectivity index (χ1n) is 6.29. The average Bonchev–Trinajstić information content (AvgIpc) is 3.14. The third kappa shape index (κ3) is 3.07. The summed E-state index contributed by atoms with van der Waals surface area (Å²) in [5.74, 6) is 0.845. The Balaban J connectivity index is 1.84. The van der Waals surface area contributed by atoms with Gasteiger partial charge in [-0.05, 0) is 30.0 Å². The molecular weight excluding hydrogens is 212 g/mol. The van der Waals surface area contributed by atoms with Crippen LogP contribution in [0.2, 0.25) is 0 Å². The Bertz CT molecular complexity index is 386. The van der Waals surface area contributed by atoms with Crippen LogP contribution in [0.5, 0.6) is 0 Å². The lowest BCUT2D eigenvalue weighted by Gasteiger charge is -2.05. The highest BCUT2D eigenvalue weighted by atomic mass is 16.1. The van der Waals surface area contributed by atoms with Gasteiger partial charge in [0.2, 0.25) is 0 Å². The monoisotopic (exact) mass is 232 g/mol. The van der Waals surface area contributed by atoms with Crippen LogP contribution in [0.25, 0.3) is 0 Å². The first kappa shape index (κ1) is 12.1. The van der Waals surface area contributed by atoms with Gasteiger partial charge in [0, 0.05) is 25.2 Å². The van der Waals surface area contributed by atoms with E-state index in [1.54, 1.807) is 7.05 Å². The predicted octanol–water partition coefficient (Wildman–Crippen LogP) is 1.93. The molecular formula is C14H20N2O. The molecule has 2 N–H and O–H groups in total. The summed E-state index contributed by atoms with van der Waals surface area (Å²) in [5, 5.41) is 6.16. The maximum absolute atomic E-state index is 11.4. The first-order chi connectivity index (χ1) is 8.24. The van der Waals surface area contributed by atoms with Crippen molar-refractivity contribution < 1.29 is 4.79 Å². The normalized spacial score (nSPS) is 22.2. The third-order valence-electron chi connectivity index (χ3n) is 3.46. The molecule has 1 aliphatic carbocycles. The molecule has 1 amide bonds. The summed E-state index contributed by atoms with van der Waals surface area (Å²) in [7, 11) is 1.65. The Morgan fingerprint density at radius 3 is 2.59 bits per heavy atom. The summed E-state index contributed by atoms with van der Waals surface area (Å²) in [6.45, 7) is 3.14. The smallest absolute Gasteiger partial charge is 0.251 e. The third-order valence-corrected chi connectivity index (χ3v) is 3.46. The van der Waals surface area contributed by atoms with Crippen LogP contribution in [0.4, 0.5) is 0 Å². The molecule has 2 unspecified atom stereocenters. The second kappa shape index (κ2) is 5.32. The van der Waals surface area contributed by atoms with Gasteiger partial charge in [0.1, 0.15) is 0 Å². The van der Waals surface area contributed by atoms with Crippen LogP contribution in [-0.4, -0.2) is 19.0 Å². The van der Waals surface area contributed by atoms with Gasteiger partial charge in [0.15, 0.2) is 0 Å². The van der Waals surface area contributed by atoms with Crippen LogP contribution in [0.3, 0.4) is 0 Å². The van der Waals surface area contributed by atoms with Gasteiger partial charge < -0.3 is 10.6 Å². The van der Waals surface area contributed by atoms with E-state index in [0.29, 0.717) is 11.6 Å². The lowest BCUT2D eigenvalue weighted by molar-refractivity contribution is 0.0963. The van der Waals surface area contributed by atoms with Crippen LogP contribution in [-0.2, 0) is 6.54 Å². The van der Waals surface area contributed by atoms with Crippen molar-refractivity contribution in [3.63, 3.8) is 0 Å². The maximum Gasteiger partial charge on any atom is 0.251 e. The number of hydrogen-bond acceptors (Lipinski definition) is 2. The molecule has 0 aromatic heterocycles. The molecule has 0 aliphatic heterocycles. The van der Waals surface area contributed by atoms with E-state index in [2.05, 4.69) is 17.6 Å². The fourth-order valence-corrected chi connectivity index (χ4v) is 2.12. The molecule has 1 fully saturated rings. The molecule has 1 aromatic rings. The minimum absolute atomic E-state index is 0.0299. The summed E-state index contributed by atoms with van der Waals surface area (Å²) < 4.78 is 0. The van der Waals surface area contributed by atoms with E-state index in [1.807, 2.05) is 24.3 Å². The van der Waals surface area contributed by atoms with E-state index in [1.165, 1.54) is 18.4 Å². The number of carbonyl (C=O) groups is 1. The molecule has 3 heteroatoms. The van der Waals surface area contributed by atoms with Gasteiger partial charge in [0.25, 0.3) is 5.91 Å². The van der Waals surface area contributed by atoms with Crippen molar-refractivity contribution in [3.05, 3.63) is 35.4 Å². The number of amides is 1. The Hall–Kier alpha value is -1.35. The minimum atomic E-state index is -0.0299. The van der Waals surface area contributed by atoms with E-state index in [-0.39, 0.29) is 5.91 Å².